The van der Waals surface area contributed by atoms with E-state index in [-0.39, 0.29) is 17.9 Å². The van der Waals surface area contributed by atoms with Gasteiger partial charge in [-0.2, -0.15) is 0 Å². The molecule has 118 valence electrons. The van der Waals surface area contributed by atoms with E-state index in [0.717, 1.165) is 12.0 Å². The first-order valence-electron chi connectivity index (χ1n) is 7.59. The predicted molar refractivity (Wildman–Crippen MR) is 91.4 cm³/mol. The number of carbonyl (C=O) groups is 1. The van der Waals surface area contributed by atoms with Crippen LogP contribution in [0, 0.1) is 11.8 Å². The second-order valence-corrected chi connectivity index (χ2v) is 6.88. The van der Waals surface area contributed by atoms with Crippen LogP contribution in [0.5, 0.6) is 0 Å². The van der Waals surface area contributed by atoms with Gasteiger partial charge in [-0.05, 0) is 55.7 Å². The molecule has 0 aliphatic rings. The fourth-order valence-corrected chi connectivity index (χ4v) is 2.88. The molecule has 21 heavy (non-hydrogen) atoms. The molecular formula is C17H28N2OS. The Kier molecular flexibility index (Phi) is 7.83. The van der Waals surface area contributed by atoms with Crippen molar-refractivity contribution >= 4 is 17.7 Å². The van der Waals surface area contributed by atoms with Gasteiger partial charge in [0.25, 0.3) is 0 Å². The van der Waals surface area contributed by atoms with E-state index in [4.69, 9.17) is 5.73 Å². The molecule has 0 heterocycles. The molecule has 0 bridgehead atoms. The molecule has 4 heteroatoms. The minimum absolute atomic E-state index is 0.0332. The van der Waals surface area contributed by atoms with Gasteiger partial charge in [-0.1, -0.05) is 26.0 Å². The first-order chi connectivity index (χ1) is 9.96. The van der Waals surface area contributed by atoms with Crippen LogP contribution in [0.2, 0.25) is 0 Å². The van der Waals surface area contributed by atoms with Gasteiger partial charge in [0.2, 0.25) is 5.91 Å². The largest absolute Gasteiger partial charge is 0.350 e. The third-order valence-electron chi connectivity index (χ3n) is 3.61. The van der Waals surface area contributed by atoms with Crippen molar-refractivity contribution in [2.24, 2.45) is 17.6 Å². The Bertz CT molecular complexity index is 431. The summed E-state index contributed by atoms with van der Waals surface area (Å²) in [5.74, 6) is 0.937. The Hall–Kier alpha value is -1.00. The molecule has 1 rings (SSSR count). The van der Waals surface area contributed by atoms with Crippen LogP contribution in [0.1, 0.15) is 45.2 Å². The molecule has 1 aromatic carbocycles. The van der Waals surface area contributed by atoms with Crippen LogP contribution in [0.3, 0.4) is 0 Å². The summed E-state index contributed by atoms with van der Waals surface area (Å²) in [5, 5.41) is 3.07. The lowest BCUT2D eigenvalue weighted by atomic mass is 9.94. The Labute approximate surface area is 133 Å². The van der Waals surface area contributed by atoms with E-state index in [1.54, 1.807) is 11.8 Å². The van der Waals surface area contributed by atoms with Crippen LogP contribution in [-0.4, -0.2) is 18.7 Å². The number of amides is 1. The summed E-state index contributed by atoms with van der Waals surface area (Å²) in [6.45, 7) is 6.92. The van der Waals surface area contributed by atoms with E-state index >= 15 is 0 Å². The quantitative estimate of drug-likeness (QED) is 0.722. The van der Waals surface area contributed by atoms with Crippen LogP contribution in [0.4, 0.5) is 0 Å². The summed E-state index contributed by atoms with van der Waals surface area (Å²) >= 11 is 1.72. The van der Waals surface area contributed by atoms with Gasteiger partial charge in [0, 0.05) is 11.3 Å². The Morgan fingerprint density at radius 1 is 1.24 bits per heavy atom. The van der Waals surface area contributed by atoms with Crippen LogP contribution >= 0.6 is 11.8 Å². The maximum atomic E-state index is 12.1. The van der Waals surface area contributed by atoms with Gasteiger partial charge in [-0.15, -0.1) is 11.8 Å². The standard InChI is InChI=1S/C17H28N2OS/c1-12(2)9-14(11-18)10-17(20)19-13(3)15-5-7-16(21-4)8-6-15/h5-8,12-14H,9-11,18H2,1-4H3,(H,19,20). The molecule has 2 unspecified atom stereocenters. The van der Waals surface area contributed by atoms with Gasteiger partial charge in [-0.25, -0.2) is 0 Å². The van der Waals surface area contributed by atoms with E-state index < -0.39 is 0 Å². The number of hydrogen-bond acceptors (Lipinski definition) is 3. The van der Waals surface area contributed by atoms with Gasteiger partial charge < -0.3 is 11.1 Å². The van der Waals surface area contributed by atoms with E-state index in [1.807, 2.05) is 6.92 Å². The molecule has 0 radical (unpaired) electrons. The summed E-state index contributed by atoms with van der Waals surface area (Å²) in [6, 6.07) is 8.36. The molecule has 1 amide bonds. The lowest BCUT2D eigenvalue weighted by molar-refractivity contribution is -0.122. The van der Waals surface area contributed by atoms with E-state index in [2.05, 4.69) is 49.7 Å². The van der Waals surface area contributed by atoms with Gasteiger partial charge in [-0.3, -0.25) is 4.79 Å². The first-order valence-corrected chi connectivity index (χ1v) is 8.82. The lowest BCUT2D eigenvalue weighted by Gasteiger charge is -2.19. The van der Waals surface area contributed by atoms with Gasteiger partial charge in [0.1, 0.15) is 0 Å². The van der Waals surface area contributed by atoms with E-state index in [0.29, 0.717) is 18.9 Å². The highest BCUT2D eigenvalue weighted by Crippen LogP contribution is 2.20. The van der Waals surface area contributed by atoms with Crippen molar-refractivity contribution in [2.75, 3.05) is 12.8 Å². The van der Waals surface area contributed by atoms with Crippen LogP contribution in [0.25, 0.3) is 0 Å². The number of carbonyl (C=O) groups excluding carboxylic acids is 1. The molecule has 0 aliphatic heterocycles. The molecule has 2 atom stereocenters. The Balaban J connectivity index is 2.52. The van der Waals surface area contributed by atoms with Crippen molar-refractivity contribution in [3.05, 3.63) is 29.8 Å². The van der Waals surface area contributed by atoms with E-state index in [9.17, 15) is 4.79 Å². The normalized spacial score (nSPS) is 14.0. The second kappa shape index (κ2) is 9.11. The Morgan fingerprint density at radius 2 is 1.86 bits per heavy atom. The van der Waals surface area contributed by atoms with Gasteiger partial charge >= 0.3 is 0 Å². The maximum absolute atomic E-state index is 12.1. The van der Waals surface area contributed by atoms with E-state index in [1.165, 1.54) is 4.90 Å². The molecular weight excluding hydrogens is 280 g/mol. The zero-order chi connectivity index (χ0) is 15.8. The third kappa shape index (κ3) is 6.53. The van der Waals surface area contributed by atoms with Crippen LogP contribution in [-0.2, 0) is 4.79 Å². The predicted octanol–water partition coefficient (Wildman–Crippen LogP) is 3.60. The van der Waals surface area contributed by atoms with Crippen molar-refractivity contribution in [3.63, 3.8) is 0 Å². The van der Waals surface area contributed by atoms with Crippen molar-refractivity contribution in [2.45, 2.75) is 44.6 Å². The van der Waals surface area contributed by atoms with Crippen molar-refractivity contribution in [1.29, 1.82) is 0 Å². The fraction of sp³-hybridized carbons (Fsp3) is 0.588. The molecule has 3 nitrogen and oxygen atoms in total. The SMILES string of the molecule is CSc1ccc(C(C)NC(=O)CC(CN)CC(C)C)cc1. The summed E-state index contributed by atoms with van der Waals surface area (Å²) in [4.78, 5) is 13.4. The number of rotatable bonds is 8. The van der Waals surface area contributed by atoms with Crippen LogP contribution < -0.4 is 11.1 Å². The molecule has 0 aliphatic carbocycles. The smallest absolute Gasteiger partial charge is 0.220 e. The van der Waals surface area contributed by atoms with Crippen molar-refractivity contribution in [1.82, 2.24) is 5.32 Å². The highest BCUT2D eigenvalue weighted by Gasteiger charge is 2.16. The number of nitrogens with two attached hydrogens (primary N) is 1. The zero-order valence-corrected chi connectivity index (χ0v) is 14.4. The highest BCUT2D eigenvalue weighted by molar-refractivity contribution is 7.98. The topological polar surface area (TPSA) is 55.1 Å². The summed E-state index contributed by atoms with van der Waals surface area (Å²) in [7, 11) is 0. The molecule has 0 saturated carbocycles. The Morgan fingerprint density at radius 3 is 2.33 bits per heavy atom. The molecule has 0 spiro atoms. The molecule has 0 saturated heterocycles. The number of benzene rings is 1. The first kappa shape index (κ1) is 18.1. The summed E-state index contributed by atoms with van der Waals surface area (Å²) in [5.41, 5.74) is 6.89. The number of nitrogens with one attached hydrogen (secondary N) is 1. The second-order valence-electron chi connectivity index (χ2n) is 6.00. The molecule has 0 fully saturated rings. The maximum Gasteiger partial charge on any atom is 0.220 e. The highest BCUT2D eigenvalue weighted by atomic mass is 32.2. The number of hydrogen-bond donors (Lipinski definition) is 2. The van der Waals surface area contributed by atoms with Gasteiger partial charge in [0.05, 0.1) is 6.04 Å². The third-order valence-corrected chi connectivity index (χ3v) is 4.35. The summed E-state index contributed by atoms with van der Waals surface area (Å²) in [6.07, 6.45) is 3.57. The molecule has 3 N–H and O–H groups in total. The lowest BCUT2D eigenvalue weighted by Crippen LogP contribution is -2.30. The van der Waals surface area contributed by atoms with Crippen molar-refractivity contribution in [3.8, 4) is 0 Å². The van der Waals surface area contributed by atoms with Crippen LogP contribution in [0.15, 0.2) is 29.2 Å². The molecule has 1 aromatic rings. The minimum atomic E-state index is 0.0332. The van der Waals surface area contributed by atoms with Gasteiger partial charge in [0.15, 0.2) is 0 Å². The summed E-state index contributed by atoms with van der Waals surface area (Å²) < 4.78 is 0. The molecule has 0 aromatic heterocycles. The average molecular weight is 308 g/mol. The van der Waals surface area contributed by atoms with Crippen molar-refractivity contribution < 1.29 is 4.79 Å². The average Bonchev–Trinajstić information content (AvgIpc) is 2.45. The number of thioether (sulfide) groups is 1. The fourth-order valence-electron chi connectivity index (χ4n) is 2.47. The monoisotopic (exact) mass is 308 g/mol. The minimum Gasteiger partial charge on any atom is -0.350 e. The zero-order valence-electron chi connectivity index (χ0n) is 13.6.